The van der Waals surface area contributed by atoms with E-state index in [0.29, 0.717) is 31.7 Å². The normalized spacial score (nSPS) is 18.0. The average molecular weight is 500 g/mol. The predicted molar refractivity (Wildman–Crippen MR) is 134 cm³/mol. The number of piperidine rings is 1. The summed E-state index contributed by atoms with van der Waals surface area (Å²) in [5.41, 5.74) is 1.35. The van der Waals surface area contributed by atoms with E-state index in [2.05, 4.69) is 4.98 Å². The zero-order valence-electron chi connectivity index (χ0n) is 19.2. The number of hydrogen-bond acceptors (Lipinski definition) is 6. The molecule has 1 aromatic carbocycles. The van der Waals surface area contributed by atoms with Crippen LogP contribution in [0.25, 0.3) is 6.08 Å². The number of pyridine rings is 1. The fraction of sp³-hybridized carbons (Fsp3) is 0.400. The molecule has 34 heavy (non-hydrogen) atoms. The number of likely N-dealkylation sites (tertiary alicyclic amines) is 2. The summed E-state index contributed by atoms with van der Waals surface area (Å²) < 4.78 is 24.9. The molecule has 4 rings (SSSR count). The molecule has 0 bridgehead atoms. The molecular formula is C25H29N3O4S2. The Labute approximate surface area is 205 Å². The lowest BCUT2D eigenvalue weighted by molar-refractivity contribution is -0.128. The smallest absolute Gasteiger partial charge is 0.256 e. The van der Waals surface area contributed by atoms with E-state index in [-0.39, 0.29) is 17.2 Å². The van der Waals surface area contributed by atoms with Crippen LogP contribution in [0, 0.1) is 5.41 Å². The van der Waals surface area contributed by atoms with Gasteiger partial charge in [0.1, 0.15) is 10.8 Å². The van der Waals surface area contributed by atoms with Crippen LogP contribution in [0.3, 0.4) is 0 Å². The van der Waals surface area contributed by atoms with Crippen LogP contribution < -0.4 is 0 Å². The number of carbonyl (C=O) groups excluding carboxylic acids is 2. The molecule has 2 aliphatic heterocycles. The molecule has 1 spiro atoms. The van der Waals surface area contributed by atoms with E-state index in [0.717, 1.165) is 35.3 Å². The van der Waals surface area contributed by atoms with Crippen LogP contribution in [0.2, 0.25) is 0 Å². The van der Waals surface area contributed by atoms with Gasteiger partial charge >= 0.3 is 0 Å². The van der Waals surface area contributed by atoms with Crippen molar-refractivity contribution >= 4 is 39.5 Å². The molecule has 2 saturated heterocycles. The fourth-order valence-corrected chi connectivity index (χ4v) is 6.21. The third-order valence-electron chi connectivity index (χ3n) is 6.69. The van der Waals surface area contributed by atoms with Gasteiger partial charge in [0.25, 0.3) is 5.91 Å². The number of amides is 2. The monoisotopic (exact) mass is 499 g/mol. The minimum absolute atomic E-state index is 0.00507. The molecule has 180 valence electrons. The Morgan fingerprint density at radius 2 is 1.71 bits per heavy atom. The maximum atomic E-state index is 13.0. The number of aromatic nitrogens is 1. The van der Waals surface area contributed by atoms with Crippen LogP contribution in [0.4, 0.5) is 0 Å². The predicted octanol–water partition coefficient (Wildman–Crippen LogP) is 3.34. The highest BCUT2D eigenvalue weighted by molar-refractivity contribution is 7.98. The first-order valence-corrected chi connectivity index (χ1v) is 14.3. The standard InChI is InChI=1S/C25H29N3O4S2/c1-33-23-21(8-5-13-26-23)24(30)27-14-10-25(11-15-27)12-16-28(19-25)22(29)18-34(31,32)17-9-20-6-3-2-4-7-20/h2-9,13,17H,10-12,14-16,18-19H2,1H3. The Hall–Kier alpha value is -2.65. The summed E-state index contributed by atoms with van der Waals surface area (Å²) >= 11 is 1.46. The van der Waals surface area contributed by atoms with Gasteiger partial charge in [0.15, 0.2) is 9.84 Å². The van der Waals surface area contributed by atoms with Gasteiger partial charge in [-0.3, -0.25) is 9.59 Å². The Morgan fingerprint density at radius 1 is 1.03 bits per heavy atom. The highest BCUT2D eigenvalue weighted by atomic mass is 32.2. The summed E-state index contributed by atoms with van der Waals surface area (Å²) in [6.07, 6.45) is 7.56. The van der Waals surface area contributed by atoms with E-state index in [1.165, 1.54) is 17.8 Å². The van der Waals surface area contributed by atoms with Crippen molar-refractivity contribution in [2.24, 2.45) is 5.41 Å². The second-order valence-electron chi connectivity index (χ2n) is 8.94. The molecule has 0 radical (unpaired) electrons. The van der Waals surface area contributed by atoms with Crippen LogP contribution in [-0.4, -0.2) is 73.2 Å². The van der Waals surface area contributed by atoms with Gasteiger partial charge in [-0.15, -0.1) is 11.8 Å². The Kier molecular flexibility index (Phi) is 7.42. The molecule has 2 aliphatic rings. The number of thioether (sulfide) groups is 1. The number of sulfone groups is 1. The molecule has 3 heterocycles. The van der Waals surface area contributed by atoms with Gasteiger partial charge in [-0.2, -0.15) is 0 Å². The van der Waals surface area contributed by atoms with Crippen molar-refractivity contribution in [3.63, 3.8) is 0 Å². The Balaban J connectivity index is 1.32. The minimum atomic E-state index is -3.65. The summed E-state index contributed by atoms with van der Waals surface area (Å²) in [5.74, 6) is -0.877. The summed E-state index contributed by atoms with van der Waals surface area (Å²) in [5, 5.41) is 1.85. The average Bonchev–Trinajstić information content (AvgIpc) is 3.27. The zero-order chi connectivity index (χ0) is 24.2. The Bertz CT molecular complexity index is 1170. The second kappa shape index (κ2) is 10.3. The van der Waals surface area contributed by atoms with Gasteiger partial charge in [-0.05, 0) is 54.7 Å². The SMILES string of the molecule is CSc1ncccc1C(=O)N1CCC2(CCN(C(=O)CS(=O)(=O)C=Cc3ccccc3)C2)CC1. The van der Waals surface area contributed by atoms with Gasteiger partial charge in [-0.25, -0.2) is 13.4 Å². The largest absolute Gasteiger partial charge is 0.341 e. The Morgan fingerprint density at radius 3 is 2.38 bits per heavy atom. The van der Waals surface area contributed by atoms with E-state index in [9.17, 15) is 18.0 Å². The lowest BCUT2D eigenvalue weighted by Gasteiger charge is -2.39. The molecule has 0 aliphatic carbocycles. The van der Waals surface area contributed by atoms with Gasteiger partial charge in [0.05, 0.1) is 5.56 Å². The summed E-state index contributed by atoms with van der Waals surface area (Å²) in [7, 11) is -3.65. The molecular weight excluding hydrogens is 470 g/mol. The highest BCUT2D eigenvalue weighted by Gasteiger charge is 2.43. The van der Waals surface area contributed by atoms with Gasteiger partial charge in [0.2, 0.25) is 5.91 Å². The van der Waals surface area contributed by atoms with Crippen molar-refractivity contribution in [1.29, 1.82) is 0 Å². The molecule has 1 aromatic heterocycles. The maximum Gasteiger partial charge on any atom is 0.256 e. The maximum absolute atomic E-state index is 13.0. The van der Waals surface area contributed by atoms with Crippen molar-refractivity contribution in [3.05, 3.63) is 65.2 Å². The molecule has 9 heteroatoms. The summed E-state index contributed by atoms with van der Waals surface area (Å²) in [6.45, 7) is 2.36. The summed E-state index contributed by atoms with van der Waals surface area (Å²) in [4.78, 5) is 33.6. The third-order valence-corrected chi connectivity index (χ3v) is 8.60. The van der Waals surface area contributed by atoms with Crippen LogP contribution >= 0.6 is 11.8 Å². The van der Waals surface area contributed by atoms with E-state index < -0.39 is 15.6 Å². The first kappa shape index (κ1) is 24.5. The van der Waals surface area contributed by atoms with E-state index in [4.69, 9.17) is 0 Å². The topological polar surface area (TPSA) is 87.7 Å². The van der Waals surface area contributed by atoms with Crippen LogP contribution in [0.15, 0.2) is 59.1 Å². The highest BCUT2D eigenvalue weighted by Crippen LogP contribution is 2.41. The van der Waals surface area contributed by atoms with Crippen molar-refractivity contribution < 1.29 is 18.0 Å². The summed E-state index contributed by atoms with van der Waals surface area (Å²) in [6, 6.07) is 12.7. The first-order valence-electron chi connectivity index (χ1n) is 11.3. The molecule has 0 N–H and O–H groups in total. The van der Waals surface area contributed by atoms with Gasteiger partial charge < -0.3 is 9.80 Å². The van der Waals surface area contributed by atoms with E-state index in [1.54, 1.807) is 17.2 Å². The van der Waals surface area contributed by atoms with Gasteiger partial charge in [-0.1, -0.05) is 30.3 Å². The van der Waals surface area contributed by atoms with Crippen molar-refractivity contribution in [2.45, 2.75) is 24.3 Å². The number of carbonyl (C=O) groups is 2. The molecule has 0 saturated carbocycles. The number of benzene rings is 1. The fourth-order valence-electron chi connectivity index (χ4n) is 4.68. The quantitative estimate of drug-likeness (QED) is 0.567. The third kappa shape index (κ3) is 5.70. The van der Waals surface area contributed by atoms with Crippen LogP contribution in [0.5, 0.6) is 0 Å². The molecule has 2 fully saturated rings. The van der Waals surface area contributed by atoms with Crippen molar-refractivity contribution in [3.8, 4) is 0 Å². The first-order chi connectivity index (χ1) is 16.3. The second-order valence-corrected chi connectivity index (χ2v) is 11.6. The van der Waals surface area contributed by atoms with Crippen LogP contribution in [-0.2, 0) is 14.6 Å². The number of hydrogen-bond donors (Lipinski definition) is 0. The van der Waals surface area contributed by atoms with Crippen LogP contribution in [0.1, 0.15) is 35.2 Å². The number of nitrogens with zero attached hydrogens (tertiary/aromatic N) is 3. The van der Waals surface area contributed by atoms with E-state index in [1.807, 2.05) is 47.6 Å². The molecule has 0 atom stereocenters. The van der Waals surface area contributed by atoms with Crippen molar-refractivity contribution in [2.75, 3.05) is 38.2 Å². The molecule has 2 amide bonds. The van der Waals surface area contributed by atoms with Gasteiger partial charge in [0, 0.05) is 37.8 Å². The molecule has 0 unspecified atom stereocenters. The minimum Gasteiger partial charge on any atom is -0.341 e. The van der Waals surface area contributed by atoms with Crippen molar-refractivity contribution in [1.82, 2.24) is 14.8 Å². The van der Waals surface area contributed by atoms with E-state index >= 15 is 0 Å². The molecule has 2 aromatic rings. The molecule has 7 nitrogen and oxygen atoms in total. The number of rotatable bonds is 6. The zero-order valence-corrected chi connectivity index (χ0v) is 20.9. The lowest BCUT2D eigenvalue weighted by atomic mass is 9.77. The lowest BCUT2D eigenvalue weighted by Crippen LogP contribution is -2.45.